The molecule has 1 heterocycles. The Bertz CT molecular complexity index is 839. The van der Waals surface area contributed by atoms with Crippen LogP contribution in [0, 0.1) is 0 Å². The second kappa shape index (κ2) is 8.60. The van der Waals surface area contributed by atoms with Crippen molar-refractivity contribution in [3.8, 4) is 11.4 Å². The van der Waals surface area contributed by atoms with Crippen molar-refractivity contribution in [3.05, 3.63) is 59.1 Å². The SMILES string of the molecule is CCN(CC)c1ccc(-c2nnc(SCc3ccc(Cl)cc3)n2C)cc1. The number of halogens is 1. The first-order valence-electron chi connectivity index (χ1n) is 8.74. The molecule has 0 radical (unpaired) electrons. The molecule has 6 heteroatoms. The Labute approximate surface area is 164 Å². The minimum Gasteiger partial charge on any atom is -0.372 e. The lowest BCUT2D eigenvalue weighted by atomic mass is 10.2. The Morgan fingerprint density at radius 1 is 0.962 bits per heavy atom. The van der Waals surface area contributed by atoms with Gasteiger partial charge in [0.1, 0.15) is 0 Å². The van der Waals surface area contributed by atoms with Gasteiger partial charge in [-0.3, -0.25) is 0 Å². The summed E-state index contributed by atoms with van der Waals surface area (Å²) >= 11 is 7.61. The maximum Gasteiger partial charge on any atom is 0.191 e. The van der Waals surface area contributed by atoms with Crippen LogP contribution in [0.1, 0.15) is 19.4 Å². The molecule has 0 aliphatic carbocycles. The highest BCUT2D eigenvalue weighted by atomic mass is 35.5. The standard InChI is InChI=1S/C20H23ClN4S/c1-4-25(5-2)18-12-8-16(9-13-18)19-22-23-20(24(19)3)26-14-15-6-10-17(21)11-7-15/h6-13H,4-5,14H2,1-3H3. The molecule has 0 fully saturated rings. The third-order valence-corrected chi connectivity index (χ3v) is 5.71. The Kier molecular flexibility index (Phi) is 6.22. The summed E-state index contributed by atoms with van der Waals surface area (Å²) in [6.07, 6.45) is 0. The van der Waals surface area contributed by atoms with E-state index in [0.717, 1.165) is 40.4 Å². The van der Waals surface area contributed by atoms with E-state index in [1.165, 1.54) is 11.3 Å². The molecule has 1 aromatic heterocycles. The Hall–Kier alpha value is -1.98. The summed E-state index contributed by atoms with van der Waals surface area (Å²) in [5.41, 5.74) is 3.53. The summed E-state index contributed by atoms with van der Waals surface area (Å²) in [6, 6.07) is 16.4. The highest BCUT2D eigenvalue weighted by molar-refractivity contribution is 7.98. The van der Waals surface area contributed by atoms with E-state index in [1.807, 2.05) is 35.9 Å². The zero-order valence-corrected chi connectivity index (χ0v) is 16.9. The van der Waals surface area contributed by atoms with E-state index in [9.17, 15) is 0 Å². The van der Waals surface area contributed by atoms with Gasteiger partial charge < -0.3 is 9.47 Å². The molecule has 0 N–H and O–H groups in total. The summed E-state index contributed by atoms with van der Waals surface area (Å²) in [5.74, 6) is 1.72. The molecule has 26 heavy (non-hydrogen) atoms. The molecule has 3 aromatic rings. The molecule has 0 saturated heterocycles. The van der Waals surface area contributed by atoms with Crippen LogP contribution in [0.25, 0.3) is 11.4 Å². The van der Waals surface area contributed by atoms with E-state index in [0.29, 0.717) is 0 Å². The number of aromatic nitrogens is 3. The van der Waals surface area contributed by atoms with Crippen molar-refractivity contribution < 1.29 is 0 Å². The maximum atomic E-state index is 5.94. The Balaban J connectivity index is 1.73. The van der Waals surface area contributed by atoms with Crippen LogP contribution in [0.5, 0.6) is 0 Å². The van der Waals surface area contributed by atoms with E-state index >= 15 is 0 Å². The molecule has 0 unspecified atom stereocenters. The average Bonchev–Trinajstić information content (AvgIpc) is 3.03. The predicted molar refractivity (Wildman–Crippen MR) is 111 cm³/mol. The largest absolute Gasteiger partial charge is 0.372 e. The molecule has 136 valence electrons. The second-order valence-corrected chi connectivity index (χ2v) is 7.38. The molecular formula is C20H23ClN4S. The predicted octanol–water partition coefficient (Wildman–Crippen LogP) is 5.27. The van der Waals surface area contributed by atoms with Crippen LogP contribution < -0.4 is 4.90 Å². The lowest BCUT2D eigenvalue weighted by Crippen LogP contribution is -2.21. The lowest BCUT2D eigenvalue weighted by molar-refractivity contribution is 0.793. The molecule has 0 amide bonds. The monoisotopic (exact) mass is 386 g/mol. The molecule has 3 rings (SSSR count). The van der Waals surface area contributed by atoms with Crippen molar-refractivity contribution in [3.63, 3.8) is 0 Å². The van der Waals surface area contributed by atoms with Crippen LogP contribution in [0.2, 0.25) is 5.02 Å². The molecule has 2 aromatic carbocycles. The Morgan fingerprint density at radius 3 is 2.23 bits per heavy atom. The van der Waals surface area contributed by atoms with Gasteiger partial charge in [0, 0.05) is 42.2 Å². The van der Waals surface area contributed by atoms with E-state index in [2.05, 4.69) is 53.2 Å². The minimum absolute atomic E-state index is 0.757. The molecule has 0 aliphatic heterocycles. The van der Waals surface area contributed by atoms with Gasteiger partial charge in [0.15, 0.2) is 11.0 Å². The van der Waals surface area contributed by atoms with Crippen LogP contribution in [0.4, 0.5) is 5.69 Å². The number of hydrogen-bond acceptors (Lipinski definition) is 4. The number of rotatable bonds is 7. The van der Waals surface area contributed by atoms with Crippen LogP contribution in [0.3, 0.4) is 0 Å². The number of hydrogen-bond donors (Lipinski definition) is 0. The van der Waals surface area contributed by atoms with Gasteiger partial charge in [0.2, 0.25) is 0 Å². The van der Waals surface area contributed by atoms with Crippen LogP contribution in [-0.4, -0.2) is 27.9 Å². The summed E-state index contributed by atoms with van der Waals surface area (Å²) < 4.78 is 2.05. The Morgan fingerprint density at radius 2 is 1.62 bits per heavy atom. The van der Waals surface area contributed by atoms with Crippen molar-refractivity contribution >= 4 is 29.1 Å². The van der Waals surface area contributed by atoms with E-state index in [-0.39, 0.29) is 0 Å². The summed E-state index contributed by atoms with van der Waals surface area (Å²) in [4.78, 5) is 2.33. The zero-order valence-electron chi connectivity index (χ0n) is 15.3. The van der Waals surface area contributed by atoms with Gasteiger partial charge in [-0.05, 0) is 55.8 Å². The van der Waals surface area contributed by atoms with Crippen molar-refractivity contribution in [2.75, 3.05) is 18.0 Å². The fourth-order valence-corrected chi connectivity index (χ4v) is 3.82. The zero-order chi connectivity index (χ0) is 18.5. The van der Waals surface area contributed by atoms with Gasteiger partial charge in [-0.2, -0.15) is 0 Å². The third-order valence-electron chi connectivity index (χ3n) is 4.37. The van der Waals surface area contributed by atoms with Crippen molar-refractivity contribution in [2.24, 2.45) is 7.05 Å². The number of anilines is 1. The van der Waals surface area contributed by atoms with Gasteiger partial charge in [0.05, 0.1) is 0 Å². The fourth-order valence-electron chi connectivity index (χ4n) is 2.83. The maximum absolute atomic E-state index is 5.94. The van der Waals surface area contributed by atoms with Gasteiger partial charge in [0.25, 0.3) is 0 Å². The van der Waals surface area contributed by atoms with E-state index < -0.39 is 0 Å². The van der Waals surface area contributed by atoms with Gasteiger partial charge >= 0.3 is 0 Å². The third kappa shape index (κ3) is 4.22. The van der Waals surface area contributed by atoms with Gasteiger partial charge in [-0.15, -0.1) is 10.2 Å². The summed E-state index contributed by atoms with van der Waals surface area (Å²) in [6.45, 7) is 6.35. The van der Waals surface area contributed by atoms with Gasteiger partial charge in [-0.1, -0.05) is 35.5 Å². The highest BCUT2D eigenvalue weighted by Crippen LogP contribution is 2.27. The highest BCUT2D eigenvalue weighted by Gasteiger charge is 2.12. The number of nitrogens with zero attached hydrogens (tertiary/aromatic N) is 4. The number of benzene rings is 2. The topological polar surface area (TPSA) is 34.0 Å². The molecular weight excluding hydrogens is 364 g/mol. The molecule has 4 nitrogen and oxygen atoms in total. The molecule has 0 bridgehead atoms. The molecule has 0 aliphatic rings. The lowest BCUT2D eigenvalue weighted by Gasteiger charge is -2.21. The van der Waals surface area contributed by atoms with E-state index in [4.69, 9.17) is 11.6 Å². The first kappa shape index (κ1) is 18.8. The van der Waals surface area contributed by atoms with Crippen molar-refractivity contribution in [1.29, 1.82) is 0 Å². The summed E-state index contributed by atoms with van der Waals surface area (Å²) in [7, 11) is 2.01. The van der Waals surface area contributed by atoms with Crippen LogP contribution in [0.15, 0.2) is 53.7 Å². The van der Waals surface area contributed by atoms with Crippen molar-refractivity contribution in [2.45, 2.75) is 24.8 Å². The number of thioether (sulfide) groups is 1. The van der Waals surface area contributed by atoms with Crippen LogP contribution in [-0.2, 0) is 12.8 Å². The van der Waals surface area contributed by atoms with Crippen molar-refractivity contribution in [1.82, 2.24) is 14.8 Å². The first-order valence-corrected chi connectivity index (χ1v) is 10.1. The normalized spacial score (nSPS) is 10.9. The molecule has 0 spiro atoms. The average molecular weight is 387 g/mol. The first-order chi connectivity index (χ1) is 12.6. The second-order valence-electron chi connectivity index (χ2n) is 6.00. The molecule has 0 atom stereocenters. The minimum atomic E-state index is 0.757. The fraction of sp³-hybridized carbons (Fsp3) is 0.300. The van der Waals surface area contributed by atoms with Gasteiger partial charge in [-0.25, -0.2) is 0 Å². The van der Waals surface area contributed by atoms with Crippen LogP contribution >= 0.6 is 23.4 Å². The van der Waals surface area contributed by atoms with E-state index in [1.54, 1.807) is 11.8 Å². The quantitative estimate of drug-likeness (QED) is 0.518. The smallest absolute Gasteiger partial charge is 0.191 e. The molecule has 0 saturated carbocycles. The summed E-state index contributed by atoms with van der Waals surface area (Å²) in [5, 5.41) is 10.4.